The van der Waals surface area contributed by atoms with E-state index in [9.17, 15) is 0 Å². The number of hydrogen-bond donors (Lipinski definition) is 0. The molecule has 0 aromatic rings. The summed E-state index contributed by atoms with van der Waals surface area (Å²) in [6.45, 7) is 8.74. The minimum Gasteiger partial charge on any atom is -0.302 e. The highest BCUT2D eigenvalue weighted by atomic mass is 79.9. The van der Waals surface area contributed by atoms with Crippen molar-refractivity contribution in [1.82, 2.24) is 4.90 Å². The first-order valence-electron chi connectivity index (χ1n) is 7.98. The predicted octanol–water partition coefficient (Wildman–Crippen LogP) is 4.94. The van der Waals surface area contributed by atoms with Gasteiger partial charge in [-0.15, -0.1) is 0 Å². The lowest BCUT2D eigenvalue weighted by Gasteiger charge is -2.36. The van der Waals surface area contributed by atoms with Crippen LogP contribution in [0.3, 0.4) is 0 Å². The Labute approximate surface area is 132 Å². The summed E-state index contributed by atoms with van der Waals surface area (Å²) in [5.74, 6) is 1.31. The number of hydrogen-bond acceptors (Lipinski definition) is 2. The van der Waals surface area contributed by atoms with Gasteiger partial charge in [-0.05, 0) is 31.2 Å². The highest BCUT2D eigenvalue weighted by Gasteiger charge is 2.33. The Morgan fingerprint density at radius 3 is 2.32 bits per heavy atom. The molecule has 112 valence electrons. The van der Waals surface area contributed by atoms with Gasteiger partial charge in [0.1, 0.15) is 0 Å². The first-order chi connectivity index (χ1) is 9.05. The second-order valence-electron chi connectivity index (χ2n) is 7.18. The lowest BCUT2D eigenvalue weighted by atomic mass is 9.82. The summed E-state index contributed by atoms with van der Waals surface area (Å²) < 4.78 is 0.486. The number of nitrogens with zero attached hydrogens (tertiary/aromatic N) is 1. The minimum absolute atomic E-state index is 0.486. The normalized spacial score (nSPS) is 28.6. The van der Waals surface area contributed by atoms with Crippen LogP contribution in [0.25, 0.3) is 0 Å². The van der Waals surface area contributed by atoms with Gasteiger partial charge >= 0.3 is 0 Å². The van der Waals surface area contributed by atoms with Crippen molar-refractivity contribution in [3.8, 4) is 0 Å². The minimum atomic E-state index is 0.486. The second kappa shape index (κ2) is 7.17. The van der Waals surface area contributed by atoms with Crippen molar-refractivity contribution in [1.29, 1.82) is 0 Å². The van der Waals surface area contributed by atoms with E-state index in [-0.39, 0.29) is 0 Å². The van der Waals surface area contributed by atoms with E-state index in [2.05, 4.69) is 46.4 Å². The van der Waals surface area contributed by atoms with Gasteiger partial charge in [0.2, 0.25) is 0 Å². The Morgan fingerprint density at radius 2 is 1.68 bits per heavy atom. The summed E-state index contributed by atoms with van der Waals surface area (Å²) in [6.07, 6.45) is 10.0. The molecule has 2 aliphatic rings. The zero-order valence-corrected chi connectivity index (χ0v) is 15.1. The van der Waals surface area contributed by atoms with E-state index >= 15 is 0 Å². The number of thioether (sulfide) groups is 1. The third kappa shape index (κ3) is 4.93. The number of rotatable bonds is 3. The highest BCUT2D eigenvalue weighted by Crippen LogP contribution is 2.39. The Bertz CT molecular complexity index is 272. The molecule has 1 aliphatic carbocycles. The molecule has 2 fully saturated rings. The van der Waals surface area contributed by atoms with Crippen LogP contribution in [0.5, 0.6) is 0 Å². The van der Waals surface area contributed by atoms with Gasteiger partial charge in [-0.1, -0.05) is 55.5 Å². The van der Waals surface area contributed by atoms with Gasteiger partial charge in [0.05, 0.1) is 0 Å². The van der Waals surface area contributed by atoms with E-state index in [0.29, 0.717) is 10.2 Å². The Morgan fingerprint density at radius 1 is 1.00 bits per heavy atom. The van der Waals surface area contributed by atoms with Gasteiger partial charge in [0.25, 0.3) is 0 Å². The molecule has 0 aromatic heterocycles. The van der Waals surface area contributed by atoms with Crippen LogP contribution in [-0.2, 0) is 0 Å². The van der Waals surface area contributed by atoms with Crippen molar-refractivity contribution in [3.63, 3.8) is 0 Å². The van der Waals surface area contributed by atoms with Crippen molar-refractivity contribution in [2.75, 3.05) is 30.7 Å². The third-order valence-corrected chi connectivity index (χ3v) is 7.50. The highest BCUT2D eigenvalue weighted by molar-refractivity contribution is 9.09. The lowest BCUT2D eigenvalue weighted by molar-refractivity contribution is 0.156. The molecule has 0 atom stereocenters. The molecule has 0 radical (unpaired) electrons. The number of alkyl halides is 1. The van der Waals surface area contributed by atoms with E-state index in [4.69, 9.17) is 0 Å². The average molecular weight is 348 g/mol. The molecule has 0 unspecified atom stereocenters. The topological polar surface area (TPSA) is 3.24 Å². The van der Waals surface area contributed by atoms with E-state index < -0.39 is 0 Å². The van der Waals surface area contributed by atoms with Gasteiger partial charge in [-0.3, -0.25) is 0 Å². The van der Waals surface area contributed by atoms with Crippen LogP contribution >= 0.6 is 27.7 Å². The predicted molar refractivity (Wildman–Crippen MR) is 91.5 cm³/mol. The van der Waals surface area contributed by atoms with Crippen LogP contribution in [-0.4, -0.2) is 40.4 Å². The Balaban J connectivity index is 1.93. The monoisotopic (exact) mass is 347 g/mol. The largest absolute Gasteiger partial charge is 0.302 e. The van der Waals surface area contributed by atoms with Crippen molar-refractivity contribution in [2.24, 2.45) is 5.41 Å². The summed E-state index contributed by atoms with van der Waals surface area (Å²) in [7, 11) is 0. The molecule has 0 amide bonds. The van der Waals surface area contributed by atoms with E-state index in [0.717, 1.165) is 0 Å². The molecular formula is C16H30BrNS. The van der Waals surface area contributed by atoms with Gasteiger partial charge in [-0.25, -0.2) is 0 Å². The quantitative estimate of drug-likeness (QED) is 0.525. The first kappa shape index (κ1) is 16.2. The molecule has 19 heavy (non-hydrogen) atoms. The average Bonchev–Trinajstić information content (AvgIpc) is 2.70. The fourth-order valence-electron chi connectivity index (χ4n) is 3.51. The SMILES string of the molecule is CC1(C)CCN(CC2(CBr)CCCCCC2)CCS1. The molecule has 2 rings (SSSR count). The zero-order chi connectivity index (χ0) is 13.8. The second-order valence-corrected chi connectivity index (χ2v) is 9.54. The maximum Gasteiger partial charge on any atom is 0.0116 e. The molecule has 0 N–H and O–H groups in total. The van der Waals surface area contributed by atoms with Crippen LogP contribution in [0, 0.1) is 5.41 Å². The molecule has 1 saturated heterocycles. The third-order valence-electron chi connectivity index (χ3n) is 4.94. The molecule has 3 heteroatoms. The molecule has 0 aromatic carbocycles. The molecular weight excluding hydrogens is 318 g/mol. The van der Waals surface area contributed by atoms with Gasteiger partial charge in [0.15, 0.2) is 0 Å². The fraction of sp³-hybridized carbons (Fsp3) is 1.00. The summed E-state index contributed by atoms with van der Waals surface area (Å²) in [5.41, 5.74) is 0.565. The standard InChI is InChI=1S/C16H30BrNS/c1-15(2)9-10-18(11-12-19-15)14-16(13-17)7-5-3-4-6-8-16/h3-14H2,1-2H3. The summed E-state index contributed by atoms with van der Waals surface area (Å²) in [4.78, 5) is 2.76. The summed E-state index contributed by atoms with van der Waals surface area (Å²) >= 11 is 6.00. The molecule has 1 nitrogen and oxygen atoms in total. The summed E-state index contributed by atoms with van der Waals surface area (Å²) in [6, 6.07) is 0. The molecule has 0 spiro atoms. The van der Waals surface area contributed by atoms with Crippen LogP contribution in [0.4, 0.5) is 0 Å². The molecule has 0 bridgehead atoms. The maximum atomic E-state index is 3.84. The van der Waals surface area contributed by atoms with Crippen molar-refractivity contribution in [2.45, 2.75) is 63.5 Å². The van der Waals surface area contributed by atoms with E-state index in [1.165, 1.54) is 75.7 Å². The fourth-order valence-corrected chi connectivity index (χ4v) is 5.38. The molecule has 1 aliphatic heterocycles. The maximum absolute atomic E-state index is 3.84. The van der Waals surface area contributed by atoms with Gasteiger partial charge in [-0.2, -0.15) is 11.8 Å². The molecule has 1 saturated carbocycles. The number of halogens is 1. The van der Waals surface area contributed by atoms with Crippen molar-refractivity contribution >= 4 is 27.7 Å². The van der Waals surface area contributed by atoms with Crippen molar-refractivity contribution in [3.05, 3.63) is 0 Å². The van der Waals surface area contributed by atoms with Crippen LogP contribution in [0.2, 0.25) is 0 Å². The first-order valence-corrected chi connectivity index (χ1v) is 10.1. The van der Waals surface area contributed by atoms with Gasteiger partial charge in [0, 0.05) is 28.9 Å². The van der Waals surface area contributed by atoms with Gasteiger partial charge < -0.3 is 4.90 Å². The van der Waals surface area contributed by atoms with Crippen LogP contribution in [0.15, 0.2) is 0 Å². The Hall–Kier alpha value is 0.790. The van der Waals surface area contributed by atoms with Crippen molar-refractivity contribution < 1.29 is 0 Å². The van der Waals surface area contributed by atoms with E-state index in [1.807, 2.05) is 0 Å². The Kier molecular flexibility index (Phi) is 6.10. The zero-order valence-electron chi connectivity index (χ0n) is 12.7. The lowest BCUT2D eigenvalue weighted by Crippen LogP contribution is -2.40. The summed E-state index contributed by atoms with van der Waals surface area (Å²) in [5, 5.41) is 1.20. The molecule has 1 heterocycles. The smallest absolute Gasteiger partial charge is 0.0116 e. The van der Waals surface area contributed by atoms with E-state index in [1.54, 1.807) is 0 Å². The van der Waals surface area contributed by atoms with Crippen LogP contribution in [0.1, 0.15) is 58.8 Å². The van der Waals surface area contributed by atoms with Crippen LogP contribution < -0.4 is 0 Å².